The van der Waals surface area contributed by atoms with E-state index in [9.17, 15) is 0 Å². The van der Waals surface area contributed by atoms with Crippen molar-refractivity contribution in [1.29, 1.82) is 0 Å². The zero-order valence-corrected chi connectivity index (χ0v) is 13.2. The Kier molecular flexibility index (Phi) is 5.27. The second kappa shape index (κ2) is 6.55. The van der Waals surface area contributed by atoms with Crippen molar-refractivity contribution < 1.29 is 4.74 Å². The van der Waals surface area contributed by atoms with Crippen LogP contribution < -0.4 is 5.32 Å². The van der Waals surface area contributed by atoms with Gasteiger partial charge in [-0.3, -0.25) is 4.90 Å². The molecule has 1 N–H and O–H groups in total. The molecule has 2 rings (SSSR count). The molecule has 19 heavy (non-hydrogen) atoms. The summed E-state index contributed by atoms with van der Waals surface area (Å²) in [5.41, 5.74) is 0.425. The molecule has 0 aromatic carbocycles. The van der Waals surface area contributed by atoms with E-state index in [1.165, 1.54) is 45.2 Å². The molecule has 1 saturated carbocycles. The van der Waals surface area contributed by atoms with Crippen molar-refractivity contribution in [3.05, 3.63) is 0 Å². The summed E-state index contributed by atoms with van der Waals surface area (Å²) >= 11 is 0. The molecular formula is C16H32N2O. The van der Waals surface area contributed by atoms with Gasteiger partial charge in [0.05, 0.1) is 6.10 Å². The van der Waals surface area contributed by atoms with Crippen LogP contribution in [-0.2, 0) is 4.74 Å². The van der Waals surface area contributed by atoms with E-state index in [2.05, 4.69) is 38.0 Å². The fraction of sp³-hybridized carbons (Fsp3) is 1.00. The van der Waals surface area contributed by atoms with Gasteiger partial charge in [-0.05, 0) is 45.1 Å². The van der Waals surface area contributed by atoms with Gasteiger partial charge in [0.25, 0.3) is 0 Å². The molecule has 2 aliphatic rings. The number of rotatable bonds is 4. The van der Waals surface area contributed by atoms with Crippen molar-refractivity contribution in [2.45, 2.75) is 71.1 Å². The molecule has 1 aliphatic heterocycles. The van der Waals surface area contributed by atoms with Gasteiger partial charge in [0.1, 0.15) is 0 Å². The summed E-state index contributed by atoms with van der Waals surface area (Å²) in [5, 5.41) is 3.61. The predicted molar refractivity (Wildman–Crippen MR) is 80.5 cm³/mol. The molecule has 1 saturated heterocycles. The molecule has 0 bridgehead atoms. The molecule has 1 aliphatic carbocycles. The lowest BCUT2D eigenvalue weighted by molar-refractivity contribution is -0.0190. The van der Waals surface area contributed by atoms with Crippen LogP contribution >= 0.6 is 0 Å². The van der Waals surface area contributed by atoms with Crippen LogP contribution in [0.1, 0.15) is 52.9 Å². The Bertz CT molecular complexity index is 272. The average molecular weight is 268 g/mol. The molecule has 0 radical (unpaired) electrons. The number of nitrogens with zero attached hydrogens (tertiary/aromatic N) is 1. The Balaban J connectivity index is 1.94. The molecule has 2 unspecified atom stereocenters. The average Bonchev–Trinajstić information content (AvgIpc) is 2.39. The van der Waals surface area contributed by atoms with E-state index in [0.29, 0.717) is 17.6 Å². The van der Waals surface area contributed by atoms with Gasteiger partial charge < -0.3 is 10.1 Å². The SMILES string of the molecule is CCOC1CCN(C2CCCC(C)(C)C2NC)CC1. The third kappa shape index (κ3) is 3.50. The van der Waals surface area contributed by atoms with E-state index < -0.39 is 0 Å². The first-order chi connectivity index (χ1) is 9.08. The largest absolute Gasteiger partial charge is 0.378 e. The van der Waals surface area contributed by atoms with E-state index in [1.807, 2.05) is 0 Å². The first-order valence-corrected chi connectivity index (χ1v) is 8.11. The van der Waals surface area contributed by atoms with E-state index in [4.69, 9.17) is 4.74 Å². The first-order valence-electron chi connectivity index (χ1n) is 8.11. The lowest BCUT2D eigenvalue weighted by atomic mass is 9.70. The van der Waals surface area contributed by atoms with E-state index in [-0.39, 0.29) is 0 Å². The highest BCUT2D eigenvalue weighted by Gasteiger charge is 2.41. The quantitative estimate of drug-likeness (QED) is 0.848. The summed E-state index contributed by atoms with van der Waals surface area (Å²) in [6.45, 7) is 10.2. The Labute approximate surface area is 119 Å². The van der Waals surface area contributed by atoms with Crippen molar-refractivity contribution in [2.75, 3.05) is 26.7 Å². The minimum atomic E-state index is 0.425. The maximum Gasteiger partial charge on any atom is 0.0599 e. The number of hydrogen-bond donors (Lipinski definition) is 1. The lowest BCUT2D eigenvalue weighted by Crippen LogP contribution is -2.59. The van der Waals surface area contributed by atoms with Gasteiger partial charge in [-0.1, -0.05) is 20.3 Å². The second-order valence-electron chi connectivity index (χ2n) is 6.91. The van der Waals surface area contributed by atoms with E-state index in [1.54, 1.807) is 0 Å². The molecular weight excluding hydrogens is 236 g/mol. The molecule has 0 spiro atoms. The maximum absolute atomic E-state index is 5.77. The highest BCUT2D eigenvalue weighted by Crippen LogP contribution is 2.38. The monoisotopic (exact) mass is 268 g/mol. The van der Waals surface area contributed by atoms with Crippen LogP contribution in [0.15, 0.2) is 0 Å². The highest BCUT2D eigenvalue weighted by atomic mass is 16.5. The Hall–Kier alpha value is -0.120. The third-order valence-electron chi connectivity index (χ3n) is 5.21. The third-order valence-corrected chi connectivity index (χ3v) is 5.21. The fourth-order valence-corrected chi connectivity index (χ4v) is 4.20. The molecule has 1 heterocycles. The molecule has 3 heteroatoms. The molecule has 0 aromatic heterocycles. The molecule has 2 fully saturated rings. The zero-order valence-electron chi connectivity index (χ0n) is 13.2. The number of likely N-dealkylation sites (tertiary alicyclic amines) is 1. The van der Waals surface area contributed by atoms with Crippen molar-refractivity contribution in [1.82, 2.24) is 10.2 Å². The standard InChI is InChI=1S/C16H32N2O/c1-5-19-13-8-11-18(12-9-13)14-7-6-10-16(2,3)15(14)17-4/h13-15,17H,5-12H2,1-4H3. The second-order valence-corrected chi connectivity index (χ2v) is 6.91. The van der Waals surface area contributed by atoms with Gasteiger partial charge in [-0.2, -0.15) is 0 Å². The van der Waals surface area contributed by atoms with E-state index in [0.717, 1.165) is 12.6 Å². The number of nitrogens with one attached hydrogen (secondary N) is 1. The normalized spacial score (nSPS) is 33.5. The van der Waals surface area contributed by atoms with Crippen LogP contribution in [0.2, 0.25) is 0 Å². The van der Waals surface area contributed by atoms with Gasteiger partial charge in [0, 0.05) is 31.8 Å². The van der Waals surface area contributed by atoms with Crippen molar-refractivity contribution in [3.8, 4) is 0 Å². The van der Waals surface area contributed by atoms with Crippen LogP contribution in [0.25, 0.3) is 0 Å². The van der Waals surface area contributed by atoms with Crippen LogP contribution in [-0.4, -0.2) is 49.8 Å². The van der Waals surface area contributed by atoms with Crippen LogP contribution in [0.4, 0.5) is 0 Å². The maximum atomic E-state index is 5.77. The number of piperidine rings is 1. The Morgan fingerprint density at radius 3 is 2.47 bits per heavy atom. The Morgan fingerprint density at radius 2 is 1.89 bits per heavy atom. The molecule has 3 nitrogen and oxygen atoms in total. The molecule has 112 valence electrons. The van der Waals surface area contributed by atoms with Crippen molar-refractivity contribution >= 4 is 0 Å². The topological polar surface area (TPSA) is 24.5 Å². The summed E-state index contributed by atoms with van der Waals surface area (Å²) < 4.78 is 5.77. The molecule has 2 atom stereocenters. The summed E-state index contributed by atoms with van der Waals surface area (Å²) in [6.07, 6.45) is 7.01. The van der Waals surface area contributed by atoms with Gasteiger partial charge in [-0.15, -0.1) is 0 Å². The number of hydrogen-bond acceptors (Lipinski definition) is 3. The van der Waals surface area contributed by atoms with Gasteiger partial charge in [0.2, 0.25) is 0 Å². The van der Waals surface area contributed by atoms with Crippen molar-refractivity contribution in [2.24, 2.45) is 5.41 Å². The Morgan fingerprint density at radius 1 is 1.21 bits per heavy atom. The van der Waals surface area contributed by atoms with Gasteiger partial charge in [-0.25, -0.2) is 0 Å². The highest BCUT2D eigenvalue weighted by molar-refractivity contribution is 4.98. The molecule has 0 amide bonds. The summed E-state index contributed by atoms with van der Waals surface area (Å²) in [6, 6.07) is 1.35. The number of ether oxygens (including phenoxy) is 1. The first kappa shape index (κ1) is 15.3. The summed E-state index contributed by atoms with van der Waals surface area (Å²) in [5.74, 6) is 0. The van der Waals surface area contributed by atoms with Crippen LogP contribution in [0.3, 0.4) is 0 Å². The summed E-state index contributed by atoms with van der Waals surface area (Å²) in [7, 11) is 2.14. The summed E-state index contributed by atoms with van der Waals surface area (Å²) in [4.78, 5) is 2.72. The minimum absolute atomic E-state index is 0.425. The van der Waals surface area contributed by atoms with Crippen molar-refractivity contribution in [3.63, 3.8) is 0 Å². The molecule has 0 aromatic rings. The lowest BCUT2D eigenvalue weighted by Gasteiger charge is -2.49. The number of likely N-dealkylation sites (N-methyl/N-ethyl adjacent to an activating group) is 1. The van der Waals surface area contributed by atoms with Gasteiger partial charge in [0.15, 0.2) is 0 Å². The zero-order chi connectivity index (χ0) is 13.9. The smallest absolute Gasteiger partial charge is 0.0599 e. The van der Waals surface area contributed by atoms with Crippen LogP contribution in [0, 0.1) is 5.41 Å². The predicted octanol–water partition coefficient (Wildman–Crippen LogP) is 2.65. The minimum Gasteiger partial charge on any atom is -0.378 e. The van der Waals surface area contributed by atoms with E-state index >= 15 is 0 Å². The van der Waals surface area contributed by atoms with Crippen LogP contribution in [0.5, 0.6) is 0 Å². The van der Waals surface area contributed by atoms with Gasteiger partial charge >= 0.3 is 0 Å². The fourth-order valence-electron chi connectivity index (χ4n) is 4.20.